The van der Waals surface area contributed by atoms with Crippen LogP contribution in [0.4, 0.5) is 4.79 Å². The quantitative estimate of drug-likeness (QED) is 0.554. The van der Waals surface area contributed by atoms with Gasteiger partial charge >= 0.3 is 6.03 Å². The Morgan fingerprint density at radius 2 is 1.89 bits per heavy atom. The van der Waals surface area contributed by atoms with Crippen molar-refractivity contribution in [2.45, 2.75) is 19.4 Å². The number of nitrogens with zero attached hydrogens (tertiary/aromatic N) is 1. The van der Waals surface area contributed by atoms with Gasteiger partial charge in [-0.05, 0) is 18.4 Å². The minimum Gasteiger partial charge on any atom is -0.384 e. The molecule has 18 heavy (non-hydrogen) atoms. The highest BCUT2D eigenvalue weighted by atomic mass is 16.2. The van der Waals surface area contributed by atoms with E-state index in [0.29, 0.717) is 12.1 Å². The van der Waals surface area contributed by atoms with Gasteiger partial charge in [0.2, 0.25) is 0 Å². The van der Waals surface area contributed by atoms with Gasteiger partial charge in [-0.25, -0.2) is 4.79 Å². The number of likely N-dealkylation sites (tertiary alicyclic amines) is 1. The molecule has 5 heteroatoms. The number of hydrogen-bond donors (Lipinski definition) is 3. The molecule has 2 rings (SSSR count). The lowest BCUT2D eigenvalue weighted by molar-refractivity contribution is 0.208. The summed E-state index contributed by atoms with van der Waals surface area (Å²) >= 11 is 0. The SMILES string of the molecule is N=C(N)c1ccc(CNC(=O)N2CCCC2)cc1. The minimum atomic E-state index is 0.00291. The molecule has 0 saturated carbocycles. The van der Waals surface area contributed by atoms with Gasteiger partial charge in [0.05, 0.1) is 0 Å². The fourth-order valence-corrected chi connectivity index (χ4v) is 2.01. The molecule has 1 saturated heterocycles. The van der Waals surface area contributed by atoms with Crippen molar-refractivity contribution in [3.63, 3.8) is 0 Å². The Bertz CT molecular complexity index is 435. The fraction of sp³-hybridized carbons (Fsp3) is 0.385. The van der Waals surface area contributed by atoms with Crippen molar-refractivity contribution >= 4 is 11.9 Å². The second-order valence-corrected chi connectivity index (χ2v) is 4.46. The van der Waals surface area contributed by atoms with Crippen molar-refractivity contribution in [1.82, 2.24) is 10.2 Å². The summed E-state index contributed by atoms with van der Waals surface area (Å²) in [7, 11) is 0. The molecule has 0 unspecified atom stereocenters. The van der Waals surface area contributed by atoms with E-state index in [1.165, 1.54) is 0 Å². The van der Waals surface area contributed by atoms with Gasteiger partial charge in [0.15, 0.2) is 0 Å². The molecule has 0 radical (unpaired) electrons. The monoisotopic (exact) mass is 246 g/mol. The van der Waals surface area contributed by atoms with Gasteiger partial charge in [-0.15, -0.1) is 0 Å². The summed E-state index contributed by atoms with van der Waals surface area (Å²) in [4.78, 5) is 13.6. The number of rotatable bonds is 3. The molecule has 1 aliphatic heterocycles. The highest BCUT2D eigenvalue weighted by Gasteiger charge is 2.16. The molecule has 2 amide bonds. The number of amidine groups is 1. The zero-order chi connectivity index (χ0) is 13.0. The van der Waals surface area contributed by atoms with E-state index in [1.54, 1.807) is 12.1 Å². The van der Waals surface area contributed by atoms with Crippen LogP contribution in [-0.2, 0) is 6.54 Å². The van der Waals surface area contributed by atoms with Gasteiger partial charge in [-0.2, -0.15) is 0 Å². The van der Waals surface area contributed by atoms with Crippen LogP contribution in [-0.4, -0.2) is 29.9 Å². The Kier molecular flexibility index (Phi) is 3.82. The Balaban J connectivity index is 1.86. The lowest BCUT2D eigenvalue weighted by Gasteiger charge is -2.16. The molecular weight excluding hydrogens is 228 g/mol. The summed E-state index contributed by atoms with van der Waals surface area (Å²) in [6.07, 6.45) is 2.20. The average Bonchev–Trinajstić information content (AvgIpc) is 2.90. The number of carbonyl (C=O) groups excluding carboxylic acids is 1. The normalized spacial score (nSPS) is 14.6. The number of benzene rings is 1. The third kappa shape index (κ3) is 3.00. The first-order valence-corrected chi connectivity index (χ1v) is 6.13. The first-order chi connectivity index (χ1) is 8.66. The lowest BCUT2D eigenvalue weighted by atomic mass is 10.1. The Morgan fingerprint density at radius 3 is 2.44 bits per heavy atom. The first kappa shape index (κ1) is 12.4. The predicted molar refractivity (Wildman–Crippen MR) is 70.5 cm³/mol. The van der Waals surface area contributed by atoms with Crippen LogP contribution in [0.25, 0.3) is 0 Å². The molecule has 1 aromatic carbocycles. The number of nitrogen functional groups attached to an aromatic ring is 1. The minimum absolute atomic E-state index is 0.00291. The van der Waals surface area contributed by atoms with Crippen molar-refractivity contribution in [3.8, 4) is 0 Å². The zero-order valence-electron chi connectivity index (χ0n) is 10.3. The highest BCUT2D eigenvalue weighted by Crippen LogP contribution is 2.08. The van der Waals surface area contributed by atoms with E-state index in [9.17, 15) is 4.79 Å². The van der Waals surface area contributed by atoms with Gasteiger partial charge in [-0.3, -0.25) is 5.41 Å². The standard InChI is InChI=1S/C13H18N4O/c14-12(15)11-5-3-10(4-6-11)9-16-13(18)17-7-1-2-8-17/h3-6H,1-2,7-9H2,(H3,14,15)(H,16,18). The van der Waals surface area contributed by atoms with E-state index in [0.717, 1.165) is 31.5 Å². The van der Waals surface area contributed by atoms with Crippen LogP contribution in [0, 0.1) is 5.41 Å². The molecule has 5 nitrogen and oxygen atoms in total. The maximum Gasteiger partial charge on any atom is 0.317 e. The van der Waals surface area contributed by atoms with Crippen LogP contribution in [0.15, 0.2) is 24.3 Å². The molecule has 4 N–H and O–H groups in total. The number of nitrogens with two attached hydrogens (primary N) is 1. The van der Waals surface area contributed by atoms with E-state index in [1.807, 2.05) is 17.0 Å². The van der Waals surface area contributed by atoms with E-state index in [-0.39, 0.29) is 11.9 Å². The molecule has 0 atom stereocenters. The number of urea groups is 1. The Hall–Kier alpha value is -2.04. The smallest absolute Gasteiger partial charge is 0.317 e. The molecular formula is C13H18N4O. The third-order valence-electron chi connectivity index (χ3n) is 3.10. The second-order valence-electron chi connectivity index (χ2n) is 4.46. The Morgan fingerprint density at radius 1 is 1.28 bits per heavy atom. The molecule has 1 aliphatic rings. The summed E-state index contributed by atoms with van der Waals surface area (Å²) in [6, 6.07) is 7.34. The van der Waals surface area contributed by atoms with Crippen molar-refractivity contribution in [2.75, 3.05) is 13.1 Å². The molecule has 0 spiro atoms. The molecule has 1 aromatic rings. The Labute approximate surface area is 106 Å². The second kappa shape index (κ2) is 5.53. The van der Waals surface area contributed by atoms with Gasteiger partial charge in [0, 0.05) is 25.2 Å². The summed E-state index contributed by atoms with van der Waals surface area (Å²) in [5.74, 6) is 0.0580. The molecule has 96 valence electrons. The van der Waals surface area contributed by atoms with Crippen molar-refractivity contribution in [1.29, 1.82) is 5.41 Å². The third-order valence-corrected chi connectivity index (χ3v) is 3.10. The van der Waals surface area contributed by atoms with Gasteiger partial charge < -0.3 is 16.0 Å². The van der Waals surface area contributed by atoms with Crippen molar-refractivity contribution < 1.29 is 4.79 Å². The molecule has 0 bridgehead atoms. The van der Waals surface area contributed by atoms with E-state index in [4.69, 9.17) is 11.1 Å². The van der Waals surface area contributed by atoms with Crippen LogP contribution >= 0.6 is 0 Å². The van der Waals surface area contributed by atoms with E-state index < -0.39 is 0 Å². The number of carbonyl (C=O) groups is 1. The summed E-state index contributed by atoms with van der Waals surface area (Å²) in [6.45, 7) is 2.22. The van der Waals surface area contributed by atoms with E-state index >= 15 is 0 Å². The number of nitrogens with one attached hydrogen (secondary N) is 2. The molecule has 0 aliphatic carbocycles. The van der Waals surface area contributed by atoms with Crippen LogP contribution < -0.4 is 11.1 Å². The van der Waals surface area contributed by atoms with Crippen molar-refractivity contribution in [3.05, 3.63) is 35.4 Å². The first-order valence-electron chi connectivity index (χ1n) is 6.13. The van der Waals surface area contributed by atoms with Crippen molar-refractivity contribution in [2.24, 2.45) is 5.73 Å². The van der Waals surface area contributed by atoms with Crippen LogP contribution in [0.3, 0.4) is 0 Å². The predicted octanol–water partition coefficient (Wildman–Crippen LogP) is 1.28. The summed E-state index contributed by atoms with van der Waals surface area (Å²) < 4.78 is 0. The largest absolute Gasteiger partial charge is 0.384 e. The van der Waals surface area contributed by atoms with Gasteiger partial charge in [0.1, 0.15) is 5.84 Å². The molecule has 1 fully saturated rings. The number of hydrogen-bond acceptors (Lipinski definition) is 2. The maximum absolute atomic E-state index is 11.8. The lowest BCUT2D eigenvalue weighted by Crippen LogP contribution is -2.37. The zero-order valence-corrected chi connectivity index (χ0v) is 10.3. The highest BCUT2D eigenvalue weighted by molar-refractivity contribution is 5.94. The van der Waals surface area contributed by atoms with E-state index in [2.05, 4.69) is 5.32 Å². The number of amides is 2. The molecule has 1 heterocycles. The topological polar surface area (TPSA) is 82.2 Å². The molecule has 0 aromatic heterocycles. The van der Waals surface area contributed by atoms with Crippen LogP contribution in [0.5, 0.6) is 0 Å². The summed E-state index contributed by atoms with van der Waals surface area (Å²) in [5, 5.41) is 10.2. The fourth-order valence-electron chi connectivity index (χ4n) is 2.01. The average molecular weight is 246 g/mol. The summed E-state index contributed by atoms with van der Waals surface area (Å²) in [5.41, 5.74) is 7.08. The maximum atomic E-state index is 11.8. The van der Waals surface area contributed by atoms with Crippen LogP contribution in [0.1, 0.15) is 24.0 Å². The van der Waals surface area contributed by atoms with Gasteiger partial charge in [0.25, 0.3) is 0 Å². The van der Waals surface area contributed by atoms with Gasteiger partial charge in [-0.1, -0.05) is 24.3 Å². The van der Waals surface area contributed by atoms with Crippen LogP contribution in [0.2, 0.25) is 0 Å².